The zero-order valence-electron chi connectivity index (χ0n) is 10.1. The van der Waals surface area contributed by atoms with Gasteiger partial charge in [0.1, 0.15) is 0 Å². The Morgan fingerprint density at radius 1 is 1.12 bits per heavy atom. The summed E-state index contributed by atoms with van der Waals surface area (Å²) >= 11 is 0. The summed E-state index contributed by atoms with van der Waals surface area (Å²) in [5, 5.41) is 9.94. The Kier molecular flexibility index (Phi) is 3.45. The monoisotopic (exact) mass is 216 g/mol. The molecule has 0 radical (unpaired) electrons. The molecule has 0 aromatic heterocycles. The molecule has 86 valence electrons. The average Bonchev–Trinajstić information content (AvgIpc) is 2.30. The third-order valence-electron chi connectivity index (χ3n) is 3.42. The standard InChI is InChI=1S/C15H20O/c1-11(2)14-10-13(8-9-15(14)16)12-6-4-3-5-7-12/h3-7,10-11,13,15-16H,8-9H2,1-2H3. The second kappa shape index (κ2) is 4.84. The van der Waals surface area contributed by atoms with Crippen molar-refractivity contribution in [2.75, 3.05) is 0 Å². The smallest absolute Gasteiger partial charge is 0.0753 e. The Bertz CT molecular complexity index is 364. The zero-order chi connectivity index (χ0) is 11.5. The number of benzene rings is 1. The number of aliphatic hydroxyl groups is 1. The minimum absolute atomic E-state index is 0.222. The molecule has 0 saturated carbocycles. The summed E-state index contributed by atoms with van der Waals surface area (Å²) in [6.07, 6.45) is 4.00. The number of allylic oxidation sites excluding steroid dienone is 1. The summed E-state index contributed by atoms with van der Waals surface area (Å²) in [6, 6.07) is 10.6. The van der Waals surface area contributed by atoms with Crippen molar-refractivity contribution in [2.24, 2.45) is 5.92 Å². The fourth-order valence-corrected chi connectivity index (χ4v) is 2.47. The number of aliphatic hydroxyl groups excluding tert-OH is 1. The SMILES string of the molecule is CC(C)C1=CC(c2ccccc2)CCC1O. The molecule has 1 nitrogen and oxygen atoms in total. The Hall–Kier alpha value is -1.08. The summed E-state index contributed by atoms with van der Waals surface area (Å²) in [5.41, 5.74) is 2.58. The molecule has 1 aromatic carbocycles. The van der Waals surface area contributed by atoms with Crippen molar-refractivity contribution in [1.82, 2.24) is 0 Å². The molecule has 2 atom stereocenters. The van der Waals surface area contributed by atoms with Crippen molar-refractivity contribution in [3.8, 4) is 0 Å². The summed E-state index contributed by atoms with van der Waals surface area (Å²) in [4.78, 5) is 0. The number of rotatable bonds is 2. The molecular formula is C15H20O. The first-order valence-electron chi connectivity index (χ1n) is 6.13. The first kappa shape index (κ1) is 11.4. The molecule has 2 unspecified atom stereocenters. The molecule has 0 aliphatic heterocycles. The highest BCUT2D eigenvalue weighted by atomic mass is 16.3. The van der Waals surface area contributed by atoms with E-state index in [4.69, 9.17) is 0 Å². The van der Waals surface area contributed by atoms with Gasteiger partial charge in [-0.25, -0.2) is 0 Å². The van der Waals surface area contributed by atoms with Gasteiger partial charge >= 0.3 is 0 Å². The van der Waals surface area contributed by atoms with E-state index in [0.29, 0.717) is 11.8 Å². The summed E-state index contributed by atoms with van der Waals surface area (Å²) in [6.45, 7) is 4.31. The van der Waals surface area contributed by atoms with Crippen molar-refractivity contribution in [3.63, 3.8) is 0 Å². The van der Waals surface area contributed by atoms with Crippen LogP contribution < -0.4 is 0 Å². The topological polar surface area (TPSA) is 20.2 Å². The lowest BCUT2D eigenvalue weighted by atomic mass is 9.80. The van der Waals surface area contributed by atoms with Crippen LogP contribution in [0.3, 0.4) is 0 Å². The van der Waals surface area contributed by atoms with Crippen molar-refractivity contribution in [2.45, 2.75) is 38.7 Å². The van der Waals surface area contributed by atoms with Crippen LogP contribution in [0.15, 0.2) is 42.0 Å². The first-order chi connectivity index (χ1) is 7.68. The summed E-state index contributed by atoms with van der Waals surface area (Å²) < 4.78 is 0. The van der Waals surface area contributed by atoms with Gasteiger partial charge in [-0.3, -0.25) is 0 Å². The highest BCUT2D eigenvalue weighted by Gasteiger charge is 2.23. The van der Waals surface area contributed by atoms with Crippen LogP contribution in [-0.4, -0.2) is 11.2 Å². The molecule has 1 N–H and O–H groups in total. The number of hydrogen-bond donors (Lipinski definition) is 1. The lowest BCUT2D eigenvalue weighted by Gasteiger charge is -2.28. The lowest BCUT2D eigenvalue weighted by molar-refractivity contribution is 0.177. The fourth-order valence-electron chi connectivity index (χ4n) is 2.47. The van der Waals surface area contributed by atoms with E-state index in [9.17, 15) is 5.11 Å². The molecule has 0 heterocycles. The molecule has 1 aliphatic rings. The molecule has 0 fully saturated rings. The van der Waals surface area contributed by atoms with E-state index in [1.807, 2.05) is 6.07 Å². The molecule has 0 bridgehead atoms. The van der Waals surface area contributed by atoms with Crippen LogP contribution in [0.4, 0.5) is 0 Å². The van der Waals surface area contributed by atoms with Gasteiger partial charge in [-0.15, -0.1) is 0 Å². The van der Waals surface area contributed by atoms with E-state index < -0.39 is 0 Å². The molecule has 0 amide bonds. The van der Waals surface area contributed by atoms with Gasteiger partial charge in [0.2, 0.25) is 0 Å². The molecule has 1 aromatic rings. The molecule has 2 rings (SSSR count). The number of hydrogen-bond acceptors (Lipinski definition) is 1. The second-order valence-electron chi connectivity index (χ2n) is 4.93. The van der Waals surface area contributed by atoms with Crippen molar-refractivity contribution >= 4 is 0 Å². The van der Waals surface area contributed by atoms with E-state index in [0.717, 1.165) is 12.8 Å². The van der Waals surface area contributed by atoms with Crippen LogP contribution >= 0.6 is 0 Å². The predicted molar refractivity (Wildman–Crippen MR) is 67.3 cm³/mol. The van der Waals surface area contributed by atoms with Crippen molar-refractivity contribution in [3.05, 3.63) is 47.5 Å². The average molecular weight is 216 g/mol. The van der Waals surface area contributed by atoms with Gasteiger partial charge in [-0.2, -0.15) is 0 Å². The summed E-state index contributed by atoms with van der Waals surface area (Å²) in [7, 11) is 0. The lowest BCUT2D eigenvalue weighted by Crippen LogP contribution is -2.21. The molecule has 1 aliphatic carbocycles. The van der Waals surface area contributed by atoms with Crippen LogP contribution in [0.2, 0.25) is 0 Å². The Balaban J connectivity index is 2.25. The maximum Gasteiger partial charge on any atom is 0.0753 e. The first-order valence-corrected chi connectivity index (χ1v) is 6.13. The van der Waals surface area contributed by atoms with E-state index in [-0.39, 0.29) is 6.10 Å². The highest BCUT2D eigenvalue weighted by Crippen LogP contribution is 2.33. The normalized spacial score (nSPS) is 25.6. The zero-order valence-corrected chi connectivity index (χ0v) is 10.1. The van der Waals surface area contributed by atoms with Crippen LogP contribution in [0.5, 0.6) is 0 Å². The maximum atomic E-state index is 9.94. The Morgan fingerprint density at radius 3 is 2.44 bits per heavy atom. The van der Waals surface area contributed by atoms with Crippen LogP contribution in [0.25, 0.3) is 0 Å². The molecule has 16 heavy (non-hydrogen) atoms. The van der Waals surface area contributed by atoms with Crippen molar-refractivity contribution < 1.29 is 5.11 Å². The van der Waals surface area contributed by atoms with Gasteiger partial charge in [-0.05, 0) is 29.9 Å². The Labute approximate surface area is 97.8 Å². The van der Waals surface area contributed by atoms with E-state index in [1.165, 1.54) is 11.1 Å². The third-order valence-corrected chi connectivity index (χ3v) is 3.42. The van der Waals surface area contributed by atoms with Crippen LogP contribution in [0, 0.1) is 5.92 Å². The Morgan fingerprint density at radius 2 is 1.81 bits per heavy atom. The van der Waals surface area contributed by atoms with Gasteiger partial charge in [0.05, 0.1) is 6.10 Å². The van der Waals surface area contributed by atoms with E-state index in [2.05, 4.69) is 44.2 Å². The van der Waals surface area contributed by atoms with Gasteiger partial charge in [0.15, 0.2) is 0 Å². The molecule has 0 spiro atoms. The van der Waals surface area contributed by atoms with Gasteiger partial charge < -0.3 is 5.11 Å². The quantitative estimate of drug-likeness (QED) is 0.750. The van der Waals surface area contributed by atoms with E-state index >= 15 is 0 Å². The molecular weight excluding hydrogens is 196 g/mol. The largest absolute Gasteiger partial charge is 0.389 e. The van der Waals surface area contributed by atoms with Gasteiger partial charge in [0, 0.05) is 5.92 Å². The maximum absolute atomic E-state index is 9.94. The highest BCUT2D eigenvalue weighted by molar-refractivity contribution is 5.29. The molecule has 0 saturated heterocycles. The van der Waals surface area contributed by atoms with Gasteiger partial charge in [0.25, 0.3) is 0 Å². The van der Waals surface area contributed by atoms with E-state index in [1.54, 1.807) is 0 Å². The third kappa shape index (κ3) is 2.35. The van der Waals surface area contributed by atoms with Crippen LogP contribution in [0.1, 0.15) is 38.2 Å². The van der Waals surface area contributed by atoms with Crippen molar-refractivity contribution in [1.29, 1.82) is 0 Å². The van der Waals surface area contributed by atoms with Crippen LogP contribution in [-0.2, 0) is 0 Å². The minimum Gasteiger partial charge on any atom is -0.389 e. The second-order valence-corrected chi connectivity index (χ2v) is 4.93. The summed E-state index contributed by atoms with van der Waals surface area (Å²) in [5.74, 6) is 0.934. The fraction of sp³-hybridized carbons (Fsp3) is 0.467. The van der Waals surface area contributed by atoms with Gasteiger partial charge in [-0.1, -0.05) is 50.3 Å². The minimum atomic E-state index is -0.222. The predicted octanol–water partition coefficient (Wildman–Crippen LogP) is 3.51. The molecule has 1 heteroatoms.